The van der Waals surface area contributed by atoms with Crippen LogP contribution in [0, 0.1) is 0 Å². The minimum Gasteiger partial charge on any atom is -0.465 e. The molecule has 0 amide bonds. The van der Waals surface area contributed by atoms with Crippen LogP contribution in [0.5, 0.6) is 0 Å². The van der Waals surface area contributed by atoms with E-state index >= 15 is 0 Å². The van der Waals surface area contributed by atoms with Crippen LogP contribution in [0.2, 0.25) is 0 Å². The summed E-state index contributed by atoms with van der Waals surface area (Å²) in [6.45, 7) is 6.00. The maximum atomic E-state index is 11.3. The van der Waals surface area contributed by atoms with Crippen molar-refractivity contribution in [3.63, 3.8) is 0 Å². The molecule has 3 heteroatoms. The van der Waals surface area contributed by atoms with Crippen LogP contribution in [0.15, 0.2) is 18.2 Å². The third-order valence-electron chi connectivity index (χ3n) is 2.83. The van der Waals surface area contributed by atoms with Gasteiger partial charge in [0, 0.05) is 13.1 Å². The Morgan fingerprint density at radius 3 is 2.65 bits per heavy atom. The predicted molar refractivity (Wildman–Crippen MR) is 69.2 cm³/mol. The van der Waals surface area contributed by atoms with Crippen molar-refractivity contribution in [3.8, 4) is 0 Å². The lowest BCUT2D eigenvalue weighted by Gasteiger charge is -2.25. The molecule has 0 aromatic heterocycles. The van der Waals surface area contributed by atoms with Gasteiger partial charge in [0.15, 0.2) is 0 Å². The van der Waals surface area contributed by atoms with Crippen molar-refractivity contribution >= 4 is 5.97 Å². The van der Waals surface area contributed by atoms with Crippen LogP contribution in [0.1, 0.15) is 35.3 Å². The minimum absolute atomic E-state index is 0.258. The van der Waals surface area contributed by atoms with Crippen molar-refractivity contribution in [3.05, 3.63) is 34.9 Å². The lowest BCUT2D eigenvalue weighted by Crippen LogP contribution is -2.26. The summed E-state index contributed by atoms with van der Waals surface area (Å²) in [5.41, 5.74) is 3.24. The molecule has 94 valence electrons. The summed E-state index contributed by atoms with van der Waals surface area (Å²) < 4.78 is 4.70. The number of fused-ring (bicyclic) bond motifs is 1. The summed E-state index contributed by atoms with van der Waals surface area (Å²) in [6.07, 6.45) is 1.06. The molecule has 0 radical (unpaired) electrons. The second-order valence-corrected chi connectivity index (χ2v) is 3.96. The van der Waals surface area contributed by atoms with E-state index in [1.165, 1.54) is 18.2 Å². The van der Waals surface area contributed by atoms with Crippen LogP contribution < -0.4 is 0 Å². The molecule has 0 saturated heterocycles. The first-order valence-corrected chi connectivity index (χ1v) is 6.09. The Balaban J connectivity index is 0.000000686. The SMILES string of the molecule is CC.COC(=O)c1ccc2c(c1)CN(C)CC2. The van der Waals surface area contributed by atoms with Crippen LogP contribution in [0.3, 0.4) is 0 Å². The van der Waals surface area contributed by atoms with Crippen molar-refractivity contribution in [1.29, 1.82) is 0 Å². The highest BCUT2D eigenvalue weighted by atomic mass is 16.5. The molecule has 1 aromatic carbocycles. The molecule has 0 fully saturated rings. The number of likely N-dealkylation sites (N-methyl/N-ethyl adjacent to an activating group) is 1. The van der Waals surface area contributed by atoms with Crippen molar-refractivity contribution < 1.29 is 9.53 Å². The van der Waals surface area contributed by atoms with Gasteiger partial charge in [-0.2, -0.15) is 0 Å². The number of benzene rings is 1. The maximum Gasteiger partial charge on any atom is 0.337 e. The van der Waals surface area contributed by atoms with E-state index in [1.54, 1.807) is 0 Å². The number of esters is 1. The summed E-state index contributed by atoms with van der Waals surface area (Å²) in [7, 11) is 3.50. The van der Waals surface area contributed by atoms with E-state index in [4.69, 9.17) is 4.74 Å². The number of hydrogen-bond acceptors (Lipinski definition) is 3. The molecule has 1 aliphatic heterocycles. The summed E-state index contributed by atoms with van der Waals surface area (Å²) in [6, 6.07) is 5.82. The Morgan fingerprint density at radius 2 is 2.00 bits per heavy atom. The zero-order valence-electron chi connectivity index (χ0n) is 11.1. The number of carbonyl (C=O) groups excluding carboxylic acids is 1. The van der Waals surface area contributed by atoms with Crippen LogP contribution in [0.4, 0.5) is 0 Å². The number of methoxy groups -OCH3 is 1. The first-order chi connectivity index (χ1) is 8.20. The summed E-state index contributed by atoms with van der Waals surface area (Å²) in [5, 5.41) is 0. The van der Waals surface area contributed by atoms with E-state index in [0.717, 1.165) is 19.5 Å². The average Bonchev–Trinajstić information content (AvgIpc) is 2.39. The molecular weight excluding hydrogens is 214 g/mol. The van der Waals surface area contributed by atoms with Gasteiger partial charge in [-0.3, -0.25) is 0 Å². The molecule has 0 spiro atoms. The molecule has 0 aliphatic carbocycles. The van der Waals surface area contributed by atoms with Crippen LogP contribution >= 0.6 is 0 Å². The Kier molecular flexibility index (Phi) is 5.16. The van der Waals surface area contributed by atoms with E-state index in [2.05, 4.69) is 11.9 Å². The summed E-state index contributed by atoms with van der Waals surface area (Å²) in [5.74, 6) is -0.258. The maximum absolute atomic E-state index is 11.3. The smallest absolute Gasteiger partial charge is 0.337 e. The molecule has 1 aliphatic rings. The zero-order chi connectivity index (χ0) is 12.8. The largest absolute Gasteiger partial charge is 0.465 e. The van der Waals surface area contributed by atoms with Crippen molar-refractivity contribution in [1.82, 2.24) is 4.90 Å². The van der Waals surface area contributed by atoms with E-state index < -0.39 is 0 Å². The fraction of sp³-hybridized carbons (Fsp3) is 0.500. The normalized spacial score (nSPS) is 14.4. The van der Waals surface area contributed by atoms with Gasteiger partial charge in [-0.05, 0) is 36.7 Å². The zero-order valence-corrected chi connectivity index (χ0v) is 11.1. The molecule has 3 nitrogen and oxygen atoms in total. The van der Waals surface area contributed by atoms with Gasteiger partial charge >= 0.3 is 5.97 Å². The van der Waals surface area contributed by atoms with Crippen LogP contribution in [-0.4, -0.2) is 31.6 Å². The fourth-order valence-corrected chi connectivity index (χ4v) is 1.94. The second kappa shape index (κ2) is 6.40. The average molecular weight is 235 g/mol. The van der Waals surface area contributed by atoms with Gasteiger partial charge in [-0.1, -0.05) is 19.9 Å². The molecule has 1 aromatic rings. The lowest BCUT2D eigenvalue weighted by atomic mass is 9.98. The molecule has 2 rings (SSSR count). The topological polar surface area (TPSA) is 29.5 Å². The van der Waals surface area contributed by atoms with Gasteiger partial charge in [0.2, 0.25) is 0 Å². The van der Waals surface area contributed by atoms with Gasteiger partial charge in [-0.25, -0.2) is 4.79 Å². The third kappa shape index (κ3) is 3.30. The highest BCUT2D eigenvalue weighted by Gasteiger charge is 2.15. The van der Waals surface area contributed by atoms with E-state index in [0.29, 0.717) is 5.56 Å². The van der Waals surface area contributed by atoms with E-state index in [-0.39, 0.29) is 5.97 Å². The Morgan fingerprint density at radius 1 is 1.29 bits per heavy atom. The fourth-order valence-electron chi connectivity index (χ4n) is 1.94. The molecule has 0 atom stereocenters. The molecule has 1 heterocycles. The summed E-state index contributed by atoms with van der Waals surface area (Å²) >= 11 is 0. The summed E-state index contributed by atoms with van der Waals surface area (Å²) in [4.78, 5) is 13.6. The highest BCUT2D eigenvalue weighted by Crippen LogP contribution is 2.19. The Labute approximate surface area is 103 Å². The van der Waals surface area contributed by atoms with Gasteiger partial charge in [0.1, 0.15) is 0 Å². The van der Waals surface area contributed by atoms with Crippen molar-refractivity contribution in [2.75, 3.05) is 20.7 Å². The van der Waals surface area contributed by atoms with E-state index in [9.17, 15) is 4.79 Å². The number of nitrogens with zero attached hydrogens (tertiary/aromatic N) is 1. The standard InChI is InChI=1S/C12H15NO2.C2H6/c1-13-6-5-9-3-4-10(12(14)15-2)7-11(9)8-13;1-2/h3-4,7H,5-6,8H2,1-2H3;1-2H3. The highest BCUT2D eigenvalue weighted by molar-refractivity contribution is 5.89. The van der Waals surface area contributed by atoms with Gasteiger partial charge in [0.05, 0.1) is 12.7 Å². The van der Waals surface area contributed by atoms with Crippen LogP contribution in [0.25, 0.3) is 0 Å². The molecule has 0 bridgehead atoms. The monoisotopic (exact) mass is 235 g/mol. The van der Waals surface area contributed by atoms with Crippen molar-refractivity contribution in [2.24, 2.45) is 0 Å². The number of carbonyl (C=O) groups is 1. The molecule has 0 N–H and O–H groups in total. The second-order valence-electron chi connectivity index (χ2n) is 3.96. The third-order valence-corrected chi connectivity index (χ3v) is 2.83. The van der Waals surface area contributed by atoms with E-state index in [1.807, 2.05) is 32.0 Å². The van der Waals surface area contributed by atoms with Gasteiger partial charge < -0.3 is 9.64 Å². The number of rotatable bonds is 1. The van der Waals surface area contributed by atoms with Gasteiger partial charge in [0.25, 0.3) is 0 Å². The molecule has 17 heavy (non-hydrogen) atoms. The number of ether oxygens (including phenoxy) is 1. The quantitative estimate of drug-likeness (QED) is 0.700. The van der Waals surface area contributed by atoms with Crippen LogP contribution in [-0.2, 0) is 17.7 Å². The molecule has 0 saturated carbocycles. The van der Waals surface area contributed by atoms with Crippen molar-refractivity contribution in [2.45, 2.75) is 26.8 Å². The first-order valence-electron chi connectivity index (χ1n) is 6.09. The lowest BCUT2D eigenvalue weighted by molar-refractivity contribution is 0.0600. The Hall–Kier alpha value is -1.35. The first kappa shape index (κ1) is 13.7. The Bertz CT molecular complexity index is 388. The molecule has 0 unspecified atom stereocenters. The molecular formula is C14H21NO2. The minimum atomic E-state index is -0.258. The van der Waals surface area contributed by atoms with Gasteiger partial charge in [-0.15, -0.1) is 0 Å². The number of hydrogen-bond donors (Lipinski definition) is 0. The predicted octanol–water partition coefficient (Wildman–Crippen LogP) is 2.49.